The summed E-state index contributed by atoms with van der Waals surface area (Å²) < 4.78 is 1.96. The first kappa shape index (κ1) is 16.9. The van der Waals surface area contributed by atoms with Gasteiger partial charge in [-0.3, -0.25) is 4.98 Å². The number of rotatable bonds is 3. The topological polar surface area (TPSA) is 76.2 Å². The van der Waals surface area contributed by atoms with E-state index in [1.807, 2.05) is 35.0 Å². The average molecular weight is 371 g/mol. The Morgan fingerprint density at radius 3 is 2.57 bits per heavy atom. The van der Waals surface area contributed by atoms with Crippen molar-refractivity contribution in [1.29, 1.82) is 0 Å². The lowest BCUT2D eigenvalue weighted by atomic mass is 9.87. The molecule has 3 aromatic heterocycles. The minimum Gasteiger partial charge on any atom is -0.508 e. The van der Waals surface area contributed by atoms with Crippen LogP contribution in [0.4, 0.5) is 0 Å². The Bertz CT molecular complexity index is 1120. The van der Waals surface area contributed by atoms with Gasteiger partial charge in [-0.05, 0) is 42.7 Å². The van der Waals surface area contributed by atoms with Crippen molar-refractivity contribution in [3.63, 3.8) is 0 Å². The highest BCUT2D eigenvalue weighted by Gasteiger charge is 2.24. The van der Waals surface area contributed by atoms with Gasteiger partial charge in [-0.25, -0.2) is 4.52 Å². The number of nitrogens with zero attached hydrogens (tertiary/aromatic N) is 5. The molecule has 1 aliphatic carbocycles. The number of pyridine rings is 1. The molecule has 28 heavy (non-hydrogen) atoms. The molecule has 0 amide bonds. The molecule has 6 heteroatoms. The van der Waals surface area contributed by atoms with Crippen LogP contribution < -0.4 is 0 Å². The number of fused-ring (bicyclic) bond motifs is 1. The van der Waals surface area contributed by atoms with E-state index in [0.29, 0.717) is 5.92 Å². The third kappa shape index (κ3) is 2.91. The fraction of sp³-hybridized carbons (Fsp3) is 0.273. The van der Waals surface area contributed by atoms with Crippen molar-refractivity contribution in [2.45, 2.75) is 38.0 Å². The lowest BCUT2D eigenvalue weighted by Gasteiger charge is -2.21. The summed E-state index contributed by atoms with van der Waals surface area (Å²) in [7, 11) is 0. The molecule has 0 bridgehead atoms. The molecule has 1 saturated carbocycles. The molecule has 0 unspecified atom stereocenters. The van der Waals surface area contributed by atoms with Crippen molar-refractivity contribution < 1.29 is 5.11 Å². The third-order valence-corrected chi connectivity index (χ3v) is 5.56. The summed E-state index contributed by atoms with van der Waals surface area (Å²) in [6, 6.07) is 11.1. The summed E-state index contributed by atoms with van der Waals surface area (Å²) in [5.41, 5.74) is 5.38. The van der Waals surface area contributed by atoms with Gasteiger partial charge < -0.3 is 5.11 Å². The molecule has 1 aromatic carbocycles. The smallest absolute Gasteiger partial charge is 0.186 e. The van der Waals surface area contributed by atoms with Crippen LogP contribution >= 0.6 is 0 Å². The second-order valence-electron chi connectivity index (χ2n) is 7.35. The first-order valence-corrected chi connectivity index (χ1v) is 9.75. The van der Waals surface area contributed by atoms with E-state index in [1.165, 1.54) is 19.3 Å². The minimum atomic E-state index is 0.217. The largest absolute Gasteiger partial charge is 0.508 e. The Balaban J connectivity index is 1.78. The molecule has 6 nitrogen and oxygen atoms in total. The molecular weight excluding hydrogens is 350 g/mol. The van der Waals surface area contributed by atoms with Crippen LogP contribution in [0.1, 0.15) is 43.7 Å². The molecular formula is C22H21N5O. The molecule has 1 N–H and O–H groups in total. The zero-order valence-corrected chi connectivity index (χ0v) is 15.5. The van der Waals surface area contributed by atoms with E-state index in [9.17, 15) is 5.11 Å². The molecule has 0 atom stereocenters. The van der Waals surface area contributed by atoms with E-state index >= 15 is 0 Å². The van der Waals surface area contributed by atoms with E-state index in [0.717, 1.165) is 46.6 Å². The van der Waals surface area contributed by atoms with Crippen LogP contribution in [0.15, 0.2) is 55.0 Å². The zero-order chi connectivity index (χ0) is 18.9. The lowest BCUT2D eigenvalue weighted by Crippen LogP contribution is -2.11. The van der Waals surface area contributed by atoms with Crippen molar-refractivity contribution in [2.24, 2.45) is 0 Å². The van der Waals surface area contributed by atoms with Crippen molar-refractivity contribution >= 4 is 5.65 Å². The maximum absolute atomic E-state index is 10.0. The predicted octanol–water partition coefficient (Wildman–Crippen LogP) is 4.61. The summed E-state index contributed by atoms with van der Waals surface area (Å²) in [6.45, 7) is 0. The first-order chi connectivity index (χ1) is 13.8. The predicted molar refractivity (Wildman–Crippen MR) is 107 cm³/mol. The highest BCUT2D eigenvalue weighted by atomic mass is 16.3. The van der Waals surface area contributed by atoms with Gasteiger partial charge in [0.05, 0.1) is 17.5 Å². The van der Waals surface area contributed by atoms with Crippen molar-refractivity contribution in [3.05, 3.63) is 60.7 Å². The highest BCUT2D eigenvalue weighted by Crippen LogP contribution is 2.38. The summed E-state index contributed by atoms with van der Waals surface area (Å²) in [4.78, 5) is 4.13. The Labute approximate surface area is 162 Å². The van der Waals surface area contributed by atoms with Gasteiger partial charge in [0, 0.05) is 23.9 Å². The Morgan fingerprint density at radius 2 is 1.79 bits per heavy atom. The van der Waals surface area contributed by atoms with Crippen LogP contribution in [0.2, 0.25) is 0 Å². The van der Waals surface area contributed by atoms with Gasteiger partial charge in [0.25, 0.3) is 0 Å². The second kappa shape index (κ2) is 7.03. The van der Waals surface area contributed by atoms with E-state index in [1.54, 1.807) is 24.5 Å². The molecule has 5 rings (SSSR count). The lowest BCUT2D eigenvalue weighted by molar-refractivity contribution is 0.429. The van der Waals surface area contributed by atoms with Gasteiger partial charge in [0.1, 0.15) is 11.4 Å². The van der Waals surface area contributed by atoms with E-state index in [2.05, 4.69) is 15.2 Å². The summed E-state index contributed by atoms with van der Waals surface area (Å²) in [5.74, 6) is 0.669. The number of hydrogen-bond donors (Lipinski definition) is 1. The fourth-order valence-electron chi connectivity index (χ4n) is 4.19. The maximum atomic E-state index is 10.0. The van der Waals surface area contributed by atoms with E-state index in [-0.39, 0.29) is 5.75 Å². The molecule has 3 heterocycles. The first-order valence-electron chi connectivity index (χ1n) is 9.75. The third-order valence-electron chi connectivity index (χ3n) is 5.56. The normalized spacial score (nSPS) is 15.1. The highest BCUT2D eigenvalue weighted by molar-refractivity contribution is 5.90. The number of hydrogen-bond acceptors (Lipinski definition) is 5. The van der Waals surface area contributed by atoms with Gasteiger partial charge in [0.2, 0.25) is 0 Å². The zero-order valence-electron chi connectivity index (χ0n) is 15.5. The van der Waals surface area contributed by atoms with Crippen molar-refractivity contribution in [2.75, 3.05) is 0 Å². The molecule has 0 radical (unpaired) electrons. The SMILES string of the molecule is Oc1cccc(-c2c(-c3ccncc3)nn3c(C4CCCCC4)cnnc23)c1. The number of phenols is 1. The van der Waals surface area contributed by atoms with Gasteiger partial charge in [-0.2, -0.15) is 10.2 Å². The fourth-order valence-corrected chi connectivity index (χ4v) is 4.19. The van der Waals surface area contributed by atoms with E-state index in [4.69, 9.17) is 5.10 Å². The molecule has 1 fully saturated rings. The minimum absolute atomic E-state index is 0.217. The van der Waals surface area contributed by atoms with Gasteiger partial charge >= 0.3 is 0 Å². The van der Waals surface area contributed by atoms with Gasteiger partial charge in [-0.1, -0.05) is 31.4 Å². The van der Waals surface area contributed by atoms with Crippen LogP contribution in [-0.2, 0) is 0 Å². The Kier molecular flexibility index (Phi) is 4.24. The molecule has 0 spiro atoms. The van der Waals surface area contributed by atoms with Crippen LogP contribution in [0.3, 0.4) is 0 Å². The Morgan fingerprint density at radius 1 is 0.964 bits per heavy atom. The van der Waals surface area contributed by atoms with Crippen LogP contribution in [0.5, 0.6) is 5.75 Å². The summed E-state index contributed by atoms with van der Waals surface area (Å²) in [6.07, 6.45) is 11.5. The quantitative estimate of drug-likeness (QED) is 0.569. The van der Waals surface area contributed by atoms with Gasteiger partial charge in [-0.15, -0.1) is 5.10 Å². The molecule has 0 aliphatic heterocycles. The van der Waals surface area contributed by atoms with Crippen molar-refractivity contribution in [1.82, 2.24) is 24.8 Å². The summed E-state index contributed by atoms with van der Waals surface area (Å²) in [5, 5.41) is 23.8. The number of aromatic hydroxyl groups is 1. The van der Waals surface area contributed by atoms with Crippen molar-refractivity contribution in [3.8, 4) is 28.1 Å². The monoisotopic (exact) mass is 371 g/mol. The average Bonchev–Trinajstić information content (AvgIpc) is 3.15. The number of aromatic nitrogens is 5. The Hall–Kier alpha value is -3.28. The van der Waals surface area contributed by atoms with Crippen LogP contribution in [-0.4, -0.2) is 29.9 Å². The van der Waals surface area contributed by atoms with Gasteiger partial charge in [0.15, 0.2) is 5.65 Å². The molecule has 140 valence electrons. The second-order valence-corrected chi connectivity index (χ2v) is 7.35. The maximum Gasteiger partial charge on any atom is 0.186 e. The standard InChI is InChI=1S/C22H21N5O/c28-18-8-4-7-17(13-18)20-21(16-9-11-23-12-10-16)26-27-19(14-24-25-22(20)27)15-5-2-1-3-6-15/h4,7-15,28H,1-3,5-6H2. The van der Waals surface area contributed by atoms with E-state index < -0.39 is 0 Å². The molecule has 0 saturated heterocycles. The van der Waals surface area contributed by atoms with Crippen LogP contribution in [0, 0.1) is 0 Å². The van der Waals surface area contributed by atoms with Crippen LogP contribution in [0.25, 0.3) is 28.0 Å². The molecule has 4 aromatic rings. The molecule has 1 aliphatic rings. The number of benzene rings is 1. The number of phenolic OH excluding ortho intramolecular Hbond substituents is 1. The summed E-state index contributed by atoms with van der Waals surface area (Å²) >= 11 is 0.